The molecule has 0 radical (unpaired) electrons. The molecule has 138 valence electrons. The van der Waals surface area contributed by atoms with Crippen molar-refractivity contribution in [2.75, 3.05) is 44.2 Å². The molecule has 2 aliphatic rings. The zero-order chi connectivity index (χ0) is 18.5. The summed E-state index contributed by atoms with van der Waals surface area (Å²) >= 11 is 5.89. The molecule has 3 amide bonds. The number of hydrogen-bond acceptors (Lipinski definition) is 4. The second kappa shape index (κ2) is 8.39. The maximum atomic E-state index is 12.5. The number of carbonyl (C=O) groups is 2. The topological polar surface area (TPSA) is 79.7 Å². The average molecular weight is 376 g/mol. The summed E-state index contributed by atoms with van der Waals surface area (Å²) in [6, 6.07) is 9.05. The number of hydrogen-bond donors (Lipinski definition) is 1. The summed E-state index contributed by atoms with van der Waals surface area (Å²) in [5.74, 6) is -0.0513. The molecular formula is C18H22ClN5O2. The molecule has 0 bridgehead atoms. The minimum atomic E-state index is -0.294. The van der Waals surface area contributed by atoms with Crippen LogP contribution >= 0.6 is 11.6 Å². The van der Waals surface area contributed by atoms with Crippen LogP contribution in [0.3, 0.4) is 0 Å². The van der Waals surface area contributed by atoms with Gasteiger partial charge in [-0.15, -0.1) is 0 Å². The van der Waals surface area contributed by atoms with Gasteiger partial charge in [-0.1, -0.05) is 11.6 Å². The molecule has 0 saturated carbocycles. The standard InChI is InChI=1S/C18H22ClN5O2/c19-14-3-5-15(6-4-14)24-11-10-22(18(24)26)9-7-21-13-17(25)23-8-1-2-16(23)12-20/h3-6,16,21H,1-2,7-11,13H2/t16-/m1/s1. The predicted octanol–water partition coefficient (Wildman–Crippen LogP) is 1.69. The van der Waals surface area contributed by atoms with Crippen molar-refractivity contribution in [1.29, 1.82) is 5.26 Å². The molecule has 0 spiro atoms. The van der Waals surface area contributed by atoms with Crippen LogP contribution in [-0.2, 0) is 4.79 Å². The minimum absolute atomic E-state index is 0.0375. The van der Waals surface area contributed by atoms with Crippen molar-refractivity contribution < 1.29 is 9.59 Å². The van der Waals surface area contributed by atoms with Crippen LogP contribution < -0.4 is 10.2 Å². The summed E-state index contributed by atoms with van der Waals surface area (Å²) in [6.45, 7) is 3.21. The van der Waals surface area contributed by atoms with Gasteiger partial charge in [0.25, 0.3) is 0 Å². The maximum absolute atomic E-state index is 12.5. The van der Waals surface area contributed by atoms with Gasteiger partial charge in [-0.2, -0.15) is 5.26 Å². The monoisotopic (exact) mass is 375 g/mol. The number of benzene rings is 1. The number of carbonyl (C=O) groups excluding carboxylic acids is 2. The van der Waals surface area contributed by atoms with Gasteiger partial charge in [-0.05, 0) is 37.1 Å². The first-order valence-electron chi connectivity index (χ1n) is 8.82. The van der Waals surface area contributed by atoms with Crippen molar-refractivity contribution in [3.63, 3.8) is 0 Å². The van der Waals surface area contributed by atoms with Gasteiger partial charge in [0, 0.05) is 43.4 Å². The van der Waals surface area contributed by atoms with E-state index in [1.54, 1.807) is 26.8 Å². The number of urea groups is 1. The fraction of sp³-hybridized carbons (Fsp3) is 0.500. The molecule has 0 aromatic heterocycles. The van der Waals surface area contributed by atoms with Crippen molar-refractivity contribution in [3.05, 3.63) is 29.3 Å². The Morgan fingerprint density at radius 1 is 1.27 bits per heavy atom. The number of halogens is 1. The number of rotatable bonds is 6. The molecule has 2 saturated heterocycles. The first-order valence-corrected chi connectivity index (χ1v) is 9.20. The highest BCUT2D eigenvalue weighted by Crippen LogP contribution is 2.22. The third-order valence-corrected chi connectivity index (χ3v) is 5.04. The summed E-state index contributed by atoms with van der Waals surface area (Å²) in [5, 5.41) is 12.8. The van der Waals surface area contributed by atoms with Crippen LogP contribution in [0.15, 0.2) is 24.3 Å². The lowest BCUT2D eigenvalue weighted by Gasteiger charge is -2.21. The highest BCUT2D eigenvalue weighted by molar-refractivity contribution is 6.30. The van der Waals surface area contributed by atoms with Crippen LogP contribution in [0.2, 0.25) is 5.02 Å². The first-order chi connectivity index (χ1) is 12.6. The predicted molar refractivity (Wildman–Crippen MR) is 99.0 cm³/mol. The molecule has 1 aromatic rings. The molecule has 1 atom stereocenters. The van der Waals surface area contributed by atoms with Crippen LogP contribution in [0.4, 0.5) is 10.5 Å². The molecule has 0 aliphatic carbocycles. The van der Waals surface area contributed by atoms with Crippen LogP contribution in [0.5, 0.6) is 0 Å². The lowest BCUT2D eigenvalue weighted by Crippen LogP contribution is -2.43. The number of amides is 3. The third-order valence-electron chi connectivity index (χ3n) is 4.79. The Labute approximate surface area is 158 Å². The Kier molecular flexibility index (Phi) is 5.96. The van der Waals surface area contributed by atoms with Crippen molar-refractivity contribution in [2.45, 2.75) is 18.9 Å². The van der Waals surface area contributed by atoms with E-state index in [9.17, 15) is 9.59 Å². The van der Waals surface area contributed by atoms with Crippen molar-refractivity contribution in [3.8, 4) is 6.07 Å². The molecule has 7 nitrogen and oxygen atoms in total. The SMILES string of the molecule is N#C[C@H]1CCCN1C(=O)CNCCN1CCN(c2ccc(Cl)cc2)C1=O. The van der Waals surface area contributed by atoms with Gasteiger partial charge in [0.1, 0.15) is 6.04 Å². The van der Waals surface area contributed by atoms with E-state index in [1.165, 1.54) is 0 Å². The molecule has 0 unspecified atom stereocenters. The Bertz CT molecular complexity index is 703. The summed E-state index contributed by atoms with van der Waals surface area (Å²) < 4.78 is 0. The molecule has 2 aliphatic heterocycles. The zero-order valence-electron chi connectivity index (χ0n) is 14.5. The van der Waals surface area contributed by atoms with E-state index in [2.05, 4.69) is 11.4 Å². The van der Waals surface area contributed by atoms with E-state index >= 15 is 0 Å². The number of nitriles is 1. The highest BCUT2D eigenvalue weighted by Gasteiger charge is 2.30. The maximum Gasteiger partial charge on any atom is 0.324 e. The van der Waals surface area contributed by atoms with Crippen molar-refractivity contribution >= 4 is 29.2 Å². The quantitative estimate of drug-likeness (QED) is 0.767. The van der Waals surface area contributed by atoms with Crippen LogP contribution in [0.25, 0.3) is 0 Å². The van der Waals surface area contributed by atoms with Gasteiger partial charge in [-0.3, -0.25) is 9.69 Å². The summed E-state index contributed by atoms with van der Waals surface area (Å²) in [6.07, 6.45) is 1.64. The van der Waals surface area contributed by atoms with E-state index in [0.717, 1.165) is 18.5 Å². The fourth-order valence-electron chi connectivity index (χ4n) is 3.36. The van der Waals surface area contributed by atoms with Crippen molar-refractivity contribution in [2.24, 2.45) is 0 Å². The molecule has 2 fully saturated rings. The lowest BCUT2D eigenvalue weighted by atomic mass is 10.2. The average Bonchev–Trinajstić information content (AvgIpc) is 3.26. The molecule has 3 rings (SSSR count). The zero-order valence-corrected chi connectivity index (χ0v) is 15.3. The molecule has 8 heteroatoms. The van der Waals surface area contributed by atoms with Gasteiger partial charge >= 0.3 is 6.03 Å². The Balaban J connectivity index is 1.42. The lowest BCUT2D eigenvalue weighted by molar-refractivity contribution is -0.130. The summed E-state index contributed by atoms with van der Waals surface area (Å²) in [5.41, 5.74) is 0.835. The smallest absolute Gasteiger partial charge is 0.324 e. The van der Waals surface area contributed by atoms with Gasteiger partial charge in [0.05, 0.1) is 12.6 Å². The van der Waals surface area contributed by atoms with Gasteiger partial charge in [0.15, 0.2) is 0 Å². The number of nitrogens with one attached hydrogen (secondary N) is 1. The minimum Gasteiger partial charge on any atom is -0.326 e. The molecular weight excluding hydrogens is 354 g/mol. The van der Waals surface area contributed by atoms with Crippen LogP contribution in [0.1, 0.15) is 12.8 Å². The van der Waals surface area contributed by atoms with Crippen LogP contribution in [0, 0.1) is 11.3 Å². The largest absolute Gasteiger partial charge is 0.326 e. The fourth-order valence-corrected chi connectivity index (χ4v) is 3.49. The summed E-state index contributed by atoms with van der Waals surface area (Å²) in [7, 11) is 0. The van der Waals surface area contributed by atoms with E-state index in [0.29, 0.717) is 37.7 Å². The Hall–Kier alpha value is -2.30. The second-order valence-electron chi connectivity index (χ2n) is 6.45. The van der Waals surface area contributed by atoms with Gasteiger partial charge in [-0.25, -0.2) is 4.79 Å². The molecule has 1 aromatic carbocycles. The van der Waals surface area contributed by atoms with E-state index in [4.69, 9.17) is 16.9 Å². The van der Waals surface area contributed by atoms with Crippen LogP contribution in [-0.4, -0.2) is 67.0 Å². The number of anilines is 1. The normalized spacial score (nSPS) is 19.9. The number of likely N-dealkylation sites (tertiary alicyclic amines) is 1. The first kappa shape index (κ1) is 18.5. The second-order valence-corrected chi connectivity index (χ2v) is 6.89. The third kappa shape index (κ3) is 4.09. The highest BCUT2D eigenvalue weighted by atomic mass is 35.5. The van der Waals surface area contributed by atoms with E-state index < -0.39 is 0 Å². The Morgan fingerprint density at radius 2 is 2.04 bits per heavy atom. The van der Waals surface area contributed by atoms with Gasteiger partial charge < -0.3 is 15.1 Å². The van der Waals surface area contributed by atoms with Crippen molar-refractivity contribution in [1.82, 2.24) is 15.1 Å². The Morgan fingerprint density at radius 3 is 2.77 bits per heavy atom. The van der Waals surface area contributed by atoms with E-state index in [1.807, 2.05) is 12.1 Å². The molecule has 1 N–H and O–H groups in total. The van der Waals surface area contributed by atoms with Gasteiger partial charge in [0.2, 0.25) is 5.91 Å². The number of nitrogens with zero attached hydrogens (tertiary/aromatic N) is 4. The molecule has 26 heavy (non-hydrogen) atoms. The molecule has 2 heterocycles. The summed E-state index contributed by atoms with van der Waals surface area (Å²) in [4.78, 5) is 29.8. The van der Waals surface area contributed by atoms with E-state index in [-0.39, 0.29) is 24.5 Å².